The van der Waals surface area contributed by atoms with Gasteiger partial charge < -0.3 is 30.5 Å². The summed E-state index contributed by atoms with van der Waals surface area (Å²) in [5.74, 6) is -0.683. The van der Waals surface area contributed by atoms with E-state index < -0.39 is 46.1 Å². The van der Waals surface area contributed by atoms with Gasteiger partial charge in [-0.25, -0.2) is 13.2 Å². The summed E-state index contributed by atoms with van der Waals surface area (Å²) in [5, 5.41) is 27.2. The molecule has 0 radical (unpaired) electrons. The summed E-state index contributed by atoms with van der Waals surface area (Å²) in [6.45, 7) is 1.42. The Hall–Kier alpha value is -5.40. The van der Waals surface area contributed by atoms with Crippen LogP contribution in [-0.4, -0.2) is 80.5 Å². The van der Waals surface area contributed by atoms with Crippen molar-refractivity contribution in [3.8, 4) is 5.75 Å². The SMILES string of the molecule is COc1cccc(CN(C[C@@H](O)[C@H](Cc2ccccc2)NC(=O)c2cc(C(=O)N[C@H](C)c3ccccc3)cc(N(C)S(C)(=O)=O)c2)C(=O)O)c1. The van der Waals surface area contributed by atoms with Crippen molar-refractivity contribution < 1.29 is 37.8 Å². The van der Waals surface area contributed by atoms with E-state index in [1.54, 1.807) is 43.3 Å². The van der Waals surface area contributed by atoms with Gasteiger partial charge in [-0.05, 0) is 60.4 Å². The number of hydrogen-bond donors (Lipinski definition) is 4. The van der Waals surface area contributed by atoms with E-state index in [1.165, 1.54) is 32.4 Å². The summed E-state index contributed by atoms with van der Waals surface area (Å²) in [4.78, 5) is 40.7. The van der Waals surface area contributed by atoms with Crippen molar-refractivity contribution in [2.45, 2.75) is 38.1 Å². The summed E-state index contributed by atoms with van der Waals surface area (Å²) in [7, 11) is -0.960. The van der Waals surface area contributed by atoms with Crippen LogP contribution in [0.15, 0.2) is 103 Å². The fraction of sp³-hybridized carbons (Fsp3) is 0.270. The van der Waals surface area contributed by atoms with Crippen molar-refractivity contribution in [1.82, 2.24) is 15.5 Å². The summed E-state index contributed by atoms with van der Waals surface area (Å²) < 4.78 is 31.2. The first-order chi connectivity index (χ1) is 23.7. The maximum absolute atomic E-state index is 13.9. The quantitative estimate of drug-likeness (QED) is 0.141. The number of anilines is 1. The van der Waals surface area contributed by atoms with Gasteiger partial charge in [0.15, 0.2) is 0 Å². The van der Waals surface area contributed by atoms with Gasteiger partial charge in [-0.15, -0.1) is 0 Å². The third kappa shape index (κ3) is 10.3. The van der Waals surface area contributed by atoms with E-state index in [-0.39, 0.29) is 36.3 Å². The van der Waals surface area contributed by atoms with Crippen molar-refractivity contribution in [1.29, 1.82) is 0 Å². The van der Waals surface area contributed by atoms with Crippen LogP contribution in [0, 0.1) is 0 Å². The number of benzene rings is 4. The number of hydrogen-bond acceptors (Lipinski definition) is 7. The second kappa shape index (κ2) is 16.8. The Morgan fingerprint density at radius 1 is 0.820 bits per heavy atom. The molecule has 0 saturated carbocycles. The summed E-state index contributed by atoms with van der Waals surface area (Å²) in [6.07, 6.45) is -1.49. The number of carbonyl (C=O) groups excluding carboxylic acids is 2. The number of sulfonamides is 1. The van der Waals surface area contributed by atoms with Gasteiger partial charge in [-0.2, -0.15) is 0 Å². The van der Waals surface area contributed by atoms with Crippen LogP contribution < -0.4 is 19.7 Å². The Morgan fingerprint density at radius 3 is 1.98 bits per heavy atom. The Labute approximate surface area is 292 Å². The van der Waals surface area contributed by atoms with Crippen molar-refractivity contribution in [3.05, 3.63) is 131 Å². The smallest absolute Gasteiger partial charge is 0.407 e. The Bertz CT molecular complexity index is 1890. The lowest BCUT2D eigenvalue weighted by molar-refractivity contribution is 0.0640. The topological polar surface area (TPSA) is 166 Å². The lowest BCUT2D eigenvalue weighted by Crippen LogP contribution is -2.50. The van der Waals surface area contributed by atoms with E-state index in [4.69, 9.17) is 4.74 Å². The minimum Gasteiger partial charge on any atom is -0.497 e. The van der Waals surface area contributed by atoms with Gasteiger partial charge in [0.2, 0.25) is 10.0 Å². The zero-order chi connectivity index (χ0) is 36.4. The minimum absolute atomic E-state index is 0.0350. The van der Waals surface area contributed by atoms with Crippen molar-refractivity contribution in [2.24, 2.45) is 0 Å². The van der Waals surface area contributed by atoms with Gasteiger partial charge in [0, 0.05) is 24.7 Å². The molecule has 3 amide bonds. The zero-order valence-corrected chi connectivity index (χ0v) is 29.1. The van der Waals surface area contributed by atoms with Gasteiger partial charge in [0.25, 0.3) is 11.8 Å². The molecule has 0 saturated heterocycles. The van der Waals surface area contributed by atoms with E-state index >= 15 is 0 Å². The van der Waals surface area contributed by atoms with Crippen LogP contribution in [0.3, 0.4) is 0 Å². The van der Waals surface area contributed by atoms with E-state index in [0.717, 1.165) is 26.6 Å². The molecule has 0 fully saturated rings. The molecule has 0 aliphatic heterocycles. The number of ether oxygens (including phenoxy) is 1. The van der Waals surface area contributed by atoms with Gasteiger partial charge in [0.05, 0.1) is 43.8 Å². The molecule has 4 aromatic rings. The molecule has 0 aliphatic carbocycles. The van der Waals surface area contributed by atoms with Crippen LogP contribution in [-0.2, 0) is 23.0 Å². The molecule has 4 rings (SSSR count). The first kappa shape index (κ1) is 37.4. The van der Waals surface area contributed by atoms with Crippen molar-refractivity contribution >= 4 is 33.6 Å². The second-order valence-electron chi connectivity index (χ2n) is 12.0. The highest BCUT2D eigenvalue weighted by molar-refractivity contribution is 7.92. The number of carbonyl (C=O) groups is 3. The first-order valence-corrected chi connectivity index (χ1v) is 17.7. The van der Waals surface area contributed by atoms with E-state index in [0.29, 0.717) is 11.3 Å². The van der Waals surface area contributed by atoms with Crippen LogP contribution in [0.4, 0.5) is 10.5 Å². The number of rotatable bonds is 15. The Kier molecular flexibility index (Phi) is 12.6. The molecular weight excluding hydrogens is 660 g/mol. The number of aliphatic hydroxyl groups is 1. The lowest BCUT2D eigenvalue weighted by atomic mass is 9.99. The number of carboxylic acid groups (broad SMARTS) is 1. The first-order valence-electron chi connectivity index (χ1n) is 15.8. The predicted molar refractivity (Wildman–Crippen MR) is 191 cm³/mol. The molecule has 4 aromatic carbocycles. The average Bonchev–Trinajstić information content (AvgIpc) is 3.10. The molecule has 0 unspecified atom stereocenters. The van der Waals surface area contributed by atoms with E-state index in [2.05, 4.69) is 10.6 Å². The number of amides is 3. The molecule has 50 heavy (non-hydrogen) atoms. The number of nitrogens with one attached hydrogen (secondary N) is 2. The molecule has 12 nitrogen and oxygen atoms in total. The number of nitrogens with zero attached hydrogens (tertiary/aromatic N) is 2. The van der Waals surface area contributed by atoms with Gasteiger partial charge in [-0.3, -0.25) is 13.9 Å². The number of methoxy groups -OCH3 is 1. The molecule has 3 atom stereocenters. The lowest BCUT2D eigenvalue weighted by Gasteiger charge is -2.29. The highest BCUT2D eigenvalue weighted by atomic mass is 32.2. The predicted octanol–water partition coefficient (Wildman–Crippen LogP) is 4.46. The van der Waals surface area contributed by atoms with Crippen LogP contribution in [0.5, 0.6) is 5.75 Å². The molecule has 0 heterocycles. The molecule has 0 aromatic heterocycles. The fourth-order valence-corrected chi connectivity index (χ4v) is 5.80. The highest BCUT2D eigenvalue weighted by Gasteiger charge is 2.28. The Morgan fingerprint density at radius 2 is 1.40 bits per heavy atom. The molecule has 0 spiro atoms. The van der Waals surface area contributed by atoms with Gasteiger partial charge >= 0.3 is 6.09 Å². The van der Waals surface area contributed by atoms with Crippen LogP contribution >= 0.6 is 0 Å². The van der Waals surface area contributed by atoms with Crippen LogP contribution in [0.2, 0.25) is 0 Å². The Balaban J connectivity index is 1.64. The van der Waals surface area contributed by atoms with E-state index in [9.17, 15) is 33.0 Å². The molecule has 0 aliphatic rings. The van der Waals surface area contributed by atoms with Crippen LogP contribution in [0.1, 0.15) is 50.4 Å². The highest BCUT2D eigenvalue weighted by Crippen LogP contribution is 2.23. The maximum atomic E-state index is 13.9. The summed E-state index contributed by atoms with van der Waals surface area (Å²) in [5.41, 5.74) is 2.35. The summed E-state index contributed by atoms with van der Waals surface area (Å²) >= 11 is 0. The van der Waals surface area contributed by atoms with Crippen LogP contribution in [0.25, 0.3) is 0 Å². The summed E-state index contributed by atoms with van der Waals surface area (Å²) in [6, 6.07) is 27.9. The fourth-order valence-electron chi connectivity index (χ4n) is 5.31. The second-order valence-corrected chi connectivity index (χ2v) is 14.0. The number of aliphatic hydroxyl groups excluding tert-OH is 1. The maximum Gasteiger partial charge on any atom is 0.407 e. The molecule has 13 heteroatoms. The zero-order valence-electron chi connectivity index (χ0n) is 28.3. The minimum atomic E-state index is -3.78. The standard InChI is InChI=1S/C37H42N4O8S/c1-25(28-15-9-6-10-16-28)38-35(43)29-20-30(22-31(21-29)40(2)50(4,47)48)36(44)39-33(19-26-12-7-5-8-13-26)34(42)24-41(37(45)46)23-27-14-11-17-32(18-27)49-3/h5-18,20-22,25,33-34,42H,19,23-24H2,1-4H3,(H,38,43)(H,39,44)(H,45,46)/t25-,33+,34-/m1/s1. The molecular formula is C37H42N4O8S. The molecule has 0 bridgehead atoms. The normalized spacial score (nSPS) is 13.0. The van der Waals surface area contributed by atoms with Gasteiger partial charge in [0.1, 0.15) is 5.75 Å². The third-order valence-corrected chi connectivity index (χ3v) is 9.42. The molecule has 264 valence electrons. The largest absolute Gasteiger partial charge is 0.497 e. The van der Waals surface area contributed by atoms with Crippen molar-refractivity contribution in [2.75, 3.05) is 31.3 Å². The van der Waals surface area contributed by atoms with Crippen molar-refractivity contribution in [3.63, 3.8) is 0 Å². The monoisotopic (exact) mass is 702 g/mol. The third-order valence-electron chi connectivity index (χ3n) is 8.22. The average molecular weight is 703 g/mol. The van der Waals surface area contributed by atoms with Gasteiger partial charge in [-0.1, -0.05) is 72.8 Å². The molecule has 4 N–H and O–H groups in total. The van der Waals surface area contributed by atoms with E-state index in [1.807, 2.05) is 48.5 Å².